The molecular weight excluding hydrogens is 328 g/mol. The van der Waals surface area contributed by atoms with Crippen molar-refractivity contribution in [3.8, 4) is 0 Å². The fraction of sp³-hybridized carbons (Fsp3) is 0.154. The third-order valence-corrected chi connectivity index (χ3v) is 4.16. The van der Waals surface area contributed by atoms with Crippen LogP contribution in [0.25, 0.3) is 0 Å². The molecule has 0 fully saturated rings. The van der Waals surface area contributed by atoms with E-state index in [2.05, 4.69) is 26.2 Å². The maximum Gasteiger partial charge on any atom is 0.177 e. The normalized spacial score (nSPS) is 11.3. The number of nitrogens with one attached hydrogen (secondary N) is 1. The average molecular weight is 341 g/mol. The van der Waals surface area contributed by atoms with Gasteiger partial charge in [-0.2, -0.15) is 0 Å². The van der Waals surface area contributed by atoms with E-state index in [9.17, 15) is 8.42 Å². The number of halogens is 1. The van der Waals surface area contributed by atoms with E-state index in [1.54, 1.807) is 30.5 Å². The van der Waals surface area contributed by atoms with E-state index < -0.39 is 9.84 Å². The first-order valence-corrected chi connectivity index (χ1v) is 8.28. The van der Waals surface area contributed by atoms with Crippen molar-refractivity contribution in [2.24, 2.45) is 0 Å². The summed E-state index contributed by atoms with van der Waals surface area (Å²) in [6, 6.07) is 10.6. The molecule has 1 N–H and O–H groups in total. The maximum atomic E-state index is 11.6. The number of rotatable bonds is 4. The number of nitrogens with zero attached hydrogens (tertiary/aromatic N) is 1. The topological polar surface area (TPSA) is 59.1 Å². The fourth-order valence-corrected chi connectivity index (χ4v) is 2.73. The molecule has 1 aromatic heterocycles. The van der Waals surface area contributed by atoms with Crippen molar-refractivity contribution >= 4 is 31.5 Å². The molecule has 0 aliphatic heterocycles. The Morgan fingerprint density at radius 1 is 1.21 bits per heavy atom. The molecule has 0 saturated carbocycles. The molecule has 0 aliphatic rings. The minimum absolute atomic E-state index is 0.298. The molecule has 2 aromatic rings. The molecule has 100 valence electrons. The van der Waals surface area contributed by atoms with Crippen LogP contribution in [-0.4, -0.2) is 19.7 Å². The molecular formula is C13H13BrN2O2S. The van der Waals surface area contributed by atoms with Gasteiger partial charge in [-0.3, -0.25) is 4.98 Å². The molecule has 0 aliphatic carbocycles. The van der Waals surface area contributed by atoms with Gasteiger partial charge < -0.3 is 5.32 Å². The predicted octanol–water partition coefficient (Wildman–Crippen LogP) is 2.86. The second kappa shape index (κ2) is 5.71. The molecule has 0 unspecified atom stereocenters. The van der Waals surface area contributed by atoms with Crippen molar-refractivity contribution in [1.29, 1.82) is 0 Å². The van der Waals surface area contributed by atoms with E-state index in [0.717, 1.165) is 10.2 Å². The van der Waals surface area contributed by atoms with Gasteiger partial charge in [0.25, 0.3) is 0 Å². The highest BCUT2D eigenvalue weighted by atomic mass is 79.9. The number of benzene rings is 1. The summed E-state index contributed by atoms with van der Waals surface area (Å²) in [4.78, 5) is 4.52. The Kier molecular flexibility index (Phi) is 4.21. The molecule has 2 rings (SSSR count). The Hall–Kier alpha value is -1.40. The average Bonchev–Trinajstić information content (AvgIpc) is 2.37. The van der Waals surface area contributed by atoms with Crippen LogP contribution in [-0.2, 0) is 16.4 Å². The molecule has 1 heterocycles. The second-order valence-electron chi connectivity index (χ2n) is 4.09. The molecule has 4 nitrogen and oxygen atoms in total. The Morgan fingerprint density at radius 2 is 1.95 bits per heavy atom. The highest BCUT2D eigenvalue weighted by Gasteiger charge is 2.12. The first kappa shape index (κ1) is 14.0. The van der Waals surface area contributed by atoms with Crippen molar-refractivity contribution in [1.82, 2.24) is 4.98 Å². The van der Waals surface area contributed by atoms with Gasteiger partial charge in [0.2, 0.25) is 0 Å². The monoisotopic (exact) mass is 340 g/mol. The van der Waals surface area contributed by atoms with Crippen LogP contribution in [0.2, 0.25) is 0 Å². The van der Waals surface area contributed by atoms with Crippen molar-refractivity contribution in [2.75, 3.05) is 11.6 Å². The molecule has 0 bridgehead atoms. The van der Waals surface area contributed by atoms with Crippen molar-refractivity contribution in [3.05, 3.63) is 52.8 Å². The molecule has 1 aromatic carbocycles. The van der Waals surface area contributed by atoms with Crippen LogP contribution in [0.5, 0.6) is 0 Å². The number of hydrogen-bond acceptors (Lipinski definition) is 4. The molecule has 0 radical (unpaired) electrons. The second-order valence-corrected chi connectivity index (χ2v) is 6.99. The van der Waals surface area contributed by atoms with Crippen LogP contribution in [0.3, 0.4) is 0 Å². The number of pyridine rings is 1. The molecule has 0 spiro atoms. The van der Waals surface area contributed by atoms with Gasteiger partial charge in [0.1, 0.15) is 0 Å². The van der Waals surface area contributed by atoms with E-state index in [1.807, 2.05) is 12.1 Å². The Balaban J connectivity index is 2.18. The Labute approximate surface area is 120 Å². The van der Waals surface area contributed by atoms with Gasteiger partial charge in [-0.25, -0.2) is 8.42 Å². The van der Waals surface area contributed by atoms with Crippen molar-refractivity contribution < 1.29 is 8.42 Å². The van der Waals surface area contributed by atoms with Crippen molar-refractivity contribution in [3.63, 3.8) is 0 Å². The van der Waals surface area contributed by atoms with Gasteiger partial charge >= 0.3 is 0 Å². The lowest BCUT2D eigenvalue weighted by Crippen LogP contribution is -2.06. The lowest BCUT2D eigenvalue weighted by molar-refractivity contribution is 0.602. The Bertz CT molecular complexity index is 669. The van der Waals surface area contributed by atoms with E-state index in [4.69, 9.17) is 0 Å². The molecule has 0 amide bonds. The van der Waals surface area contributed by atoms with Gasteiger partial charge in [-0.15, -0.1) is 0 Å². The smallest absolute Gasteiger partial charge is 0.177 e. The summed E-state index contributed by atoms with van der Waals surface area (Å²) in [5, 5.41) is 3.10. The predicted molar refractivity (Wildman–Crippen MR) is 78.8 cm³/mol. The zero-order valence-electron chi connectivity index (χ0n) is 10.3. The first-order chi connectivity index (χ1) is 8.97. The van der Waals surface area contributed by atoms with Crippen LogP contribution < -0.4 is 5.32 Å². The number of sulfone groups is 1. The number of aromatic nitrogens is 1. The lowest BCUT2D eigenvalue weighted by atomic mass is 10.3. The third kappa shape index (κ3) is 3.78. The molecule has 19 heavy (non-hydrogen) atoms. The van der Waals surface area contributed by atoms with Crippen LogP contribution in [0, 0.1) is 0 Å². The molecule has 0 saturated heterocycles. The summed E-state index contributed by atoms with van der Waals surface area (Å²) in [7, 11) is -3.23. The van der Waals surface area contributed by atoms with E-state index in [0.29, 0.717) is 17.1 Å². The summed E-state index contributed by atoms with van der Waals surface area (Å²) in [6.45, 7) is 0.472. The Morgan fingerprint density at radius 3 is 2.58 bits per heavy atom. The summed E-state index contributed by atoms with van der Waals surface area (Å²) in [5.41, 5.74) is 1.43. The number of para-hydroxylation sites is 1. The summed E-state index contributed by atoms with van der Waals surface area (Å²) < 4.78 is 24.2. The zero-order valence-corrected chi connectivity index (χ0v) is 12.7. The summed E-state index contributed by atoms with van der Waals surface area (Å²) >= 11 is 3.32. The van der Waals surface area contributed by atoms with Crippen LogP contribution in [0.4, 0.5) is 5.69 Å². The summed E-state index contributed by atoms with van der Waals surface area (Å²) in [5.74, 6) is 0. The van der Waals surface area contributed by atoms with Gasteiger partial charge in [-0.05, 0) is 40.2 Å². The first-order valence-electron chi connectivity index (χ1n) is 5.60. The van der Waals surface area contributed by atoms with Gasteiger partial charge in [0.05, 0.1) is 22.8 Å². The van der Waals surface area contributed by atoms with Gasteiger partial charge in [0.15, 0.2) is 9.84 Å². The minimum Gasteiger partial charge on any atom is -0.378 e. The van der Waals surface area contributed by atoms with E-state index >= 15 is 0 Å². The standard InChI is InChI=1S/C13H13BrN2O2S/c1-19(17,18)13-5-3-2-4-12(13)16-9-11-7-6-10(14)8-15-11/h2-8,16H,9H2,1H3. The van der Waals surface area contributed by atoms with E-state index in [-0.39, 0.29) is 0 Å². The quantitative estimate of drug-likeness (QED) is 0.929. The highest BCUT2D eigenvalue weighted by Crippen LogP contribution is 2.21. The number of anilines is 1. The zero-order chi connectivity index (χ0) is 13.9. The maximum absolute atomic E-state index is 11.6. The van der Waals surface area contributed by atoms with Crippen LogP contribution in [0.15, 0.2) is 52.0 Å². The van der Waals surface area contributed by atoms with Gasteiger partial charge in [-0.1, -0.05) is 12.1 Å². The number of hydrogen-bond donors (Lipinski definition) is 1. The molecule has 6 heteroatoms. The highest BCUT2D eigenvalue weighted by molar-refractivity contribution is 9.10. The van der Waals surface area contributed by atoms with Crippen LogP contribution in [0.1, 0.15) is 5.69 Å². The molecule has 0 atom stereocenters. The van der Waals surface area contributed by atoms with Crippen LogP contribution >= 0.6 is 15.9 Å². The third-order valence-electron chi connectivity index (χ3n) is 2.54. The lowest BCUT2D eigenvalue weighted by Gasteiger charge is -2.10. The van der Waals surface area contributed by atoms with Gasteiger partial charge in [0, 0.05) is 16.9 Å². The summed E-state index contributed by atoms with van der Waals surface area (Å²) in [6.07, 6.45) is 2.91. The minimum atomic E-state index is -3.23. The largest absolute Gasteiger partial charge is 0.378 e. The fourth-order valence-electron chi connectivity index (χ4n) is 1.63. The van der Waals surface area contributed by atoms with Crippen molar-refractivity contribution in [2.45, 2.75) is 11.4 Å². The SMILES string of the molecule is CS(=O)(=O)c1ccccc1NCc1ccc(Br)cn1. The van der Waals surface area contributed by atoms with E-state index in [1.165, 1.54) is 6.26 Å².